The number of hydrogen-bond acceptors (Lipinski definition) is 2. The van der Waals surface area contributed by atoms with E-state index in [2.05, 4.69) is 67.1 Å². The third-order valence-corrected chi connectivity index (χ3v) is 4.56. The standard InChI is InChI=1S/C19H21NO/c1-4-19(16-8-6-5-7-9-16)18-14-17(21-3)11-10-15(18)12-13-20(19)2/h4-11,14H,1,12-13H2,2-3H3. The molecule has 0 N–H and O–H groups in total. The minimum atomic E-state index is -0.288. The Morgan fingerprint density at radius 2 is 1.95 bits per heavy atom. The summed E-state index contributed by atoms with van der Waals surface area (Å²) in [6, 6.07) is 17.0. The molecule has 21 heavy (non-hydrogen) atoms. The zero-order valence-electron chi connectivity index (χ0n) is 12.7. The summed E-state index contributed by atoms with van der Waals surface area (Å²) in [5.41, 5.74) is 3.61. The molecule has 3 rings (SSSR count). The van der Waals surface area contributed by atoms with Crippen LogP contribution in [0.5, 0.6) is 5.75 Å². The van der Waals surface area contributed by atoms with Gasteiger partial charge < -0.3 is 4.74 Å². The van der Waals surface area contributed by atoms with Crippen molar-refractivity contribution in [1.29, 1.82) is 0 Å². The van der Waals surface area contributed by atoms with Crippen LogP contribution in [0.3, 0.4) is 0 Å². The molecule has 0 saturated heterocycles. The smallest absolute Gasteiger partial charge is 0.119 e. The molecule has 0 spiro atoms. The van der Waals surface area contributed by atoms with Gasteiger partial charge in [-0.05, 0) is 42.3 Å². The molecule has 1 unspecified atom stereocenters. The summed E-state index contributed by atoms with van der Waals surface area (Å²) >= 11 is 0. The predicted molar refractivity (Wildman–Crippen MR) is 86.7 cm³/mol. The fourth-order valence-corrected chi connectivity index (χ4v) is 3.38. The van der Waals surface area contributed by atoms with Crippen LogP contribution in [0.4, 0.5) is 0 Å². The quantitative estimate of drug-likeness (QED) is 0.796. The summed E-state index contributed by atoms with van der Waals surface area (Å²) in [7, 11) is 3.88. The maximum absolute atomic E-state index is 5.44. The Morgan fingerprint density at radius 1 is 1.19 bits per heavy atom. The van der Waals surface area contributed by atoms with Crippen molar-refractivity contribution in [1.82, 2.24) is 4.90 Å². The van der Waals surface area contributed by atoms with E-state index < -0.39 is 0 Å². The van der Waals surface area contributed by atoms with E-state index >= 15 is 0 Å². The summed E-state index contributed by atoms with van der Waals surface area (Å²) in [5, 5.41) is 0. The number of nitrogens with zero attached hydrogens (tertiary/aromatic N) is 1. The molecule has 1 heterocycles. The molecule has 0 amide bonds. The van der Waals surface area contributed by atoms with Gasteiger partial charge in [-0.2, -0.15) is 0 Å². The molecule has 1 atom stereocenters. The molecule has 108 valence electrons. The lowest BCUT2D eigenvalue weighted by atomic mass is 9.76. The Balaban J connectivity index is 2.27. The number of benzene rings is 2. The normalized spacial score (nSPS) is 21.6. The van der Waals surface area contributed by atoms with Crippen LogP contribution >= 0.6 is 0 Å². The third kappa shape index (κ3) is 2.07. The zero-order chi connectivity index (χ0) is 14.9. The molecule has 2 aromatic rings. The molecule has 0 saturated carbocycles. The van der Waals surface area contributed by atoms with E-state index in [4.69, 9.17) is 4.74 Å². The maximum atomic E-state index is 5.44. The molecule has 1 aliphatic rings. The molecule has 0 fully saturated rings. The van der Waals surface area contributed by atoms with Crippen molar-refractivity contribution in [2.75, 3.05) is 20.7 Å². The lowest BCUT2D eigenvalue weighted by molar-refractivity contribution is 0.193. The number of rotatable bonds is 3. The molecule has 0 aromatic heterocycles. The van der Waals surface area contributed by atoms with Crippen LogP contribution in [-0.2, 0) is 12.0 Å². The Hall–Kier alpha value is -2.06. The number of fused-ring (bicyclic) bond motifs is 1. The Bertz CT molecular complexity index is 650. The monoisotopic (exact) mass is 279 g/mol. The first-order chi connectivity index (χ1) is 10.2. The van der Waals surface area contributed by atoms with Gasteiger partial charge >= 0.3 is 0 Å². The molecule has 2 heteroatoms. The van der Waals surface area contributed by atoms with Gasteiger partial charge in [-0.25, -0.2) is 0 Å². The lowest BCUT2D eigenvalue weighted by Gasteiger charge is -2.45. The second kappa shape index (κ2) is 5.38. The topological polar surface area (TPSA) is 12.5 Å². The first kappa shape index (κ1) is 13.9. The largest absolute Gasteiger partial charge is 0.497 e. The van der Waals surface area contributed by atoms with Crippen LogP contribution in [0, 0.1) is 0 Å². The molecular formula is C19H21NO. The molecule has 0 aliphatic carbocycles. The Labute approximate surface area is 126 Å². The lowest BCUT2D eigenvalue weighted by Crippen LogP contribution is -2.47. The highest BCUT2D eigenvalue weighted by atomic mass is 16.5. The van der Waals surface area contributed by atoms with Crippen molar-refractivity contribution in [2.45, 2.75) is 12.0 Å². The summed E-state index contributed by atoms with van der Waals surface area (Å²) in [5.74, 6) is 0.895. The SMILES string of the molecule is C=CC1(c2ccccc2)c2cc(OC)ccc2CCN1C. The fourth-order valence-electron chi connectivity index (χ4n) is 3.38. The van der Waals surface area contributed by atoms with Crippen LogP contribution in [0.1, 0.15) is 16.7 Å². The summed E-state index contributed by atoms with van der Waals surface area (Å²) in [4.78, 5) is 2.37. The van der Waals surface area contributed by atoms with Crippen LogP contribution < -0.4 is 4.74 Å². The number of ether oxygens (including phenoxy) is 1. The first-order valence-electron chi connectivity index (χ1n) is 7.30. The summed E-state index contributed by atoms with van der Waals surface area (Å²) in [6.07, 6.45) is 3.11. The van der Waals surface area contributed by atoms with E-state index in [1.54, 1.807) is 7.11 Å². The number of hydrogen-bond donors (Lipinski definition) is 0. The molecule has 1 aliphatic heterocycles. The van der Waals surface area contributed by atoms with Gasteiger partial charge in [0.1, 0.15) is 5.75 Å². The van der Waals surface area contributed by atoms with Crippen LogP contribution in [0.2, 0.25) is 0 Å². The van der Waals surface area contributed by atoms with Gasteiger partial charge in [-0.3, -0.25) is 4.90 Å². The van der Waals surface area contributed by atoms with Gasteiger partial charge in [0.25, 0.3) is 0 Å². The van der Waals surface area contributed by atoms with Crippen molar-refractivity contribution >= 4 is 0 Å². The fraction of sp³-hybridized carbons (Fsp3) is 0.263. The summed E-state index contributed by atoms with van der Waals surface area (Å²) < 4.78 is 5.44. The van der Waals surface area contributed by atoms with E-state index in [0.717, 1.165) is 18.7 Å². The highest BCUT2D eigenvalue weighted by Crippen LogP contribution is 2.42. The van der Waals surface area contributed by atoms with Crippen molar-refractivity contribution in [3.63, 3.8) is 0 Å². The van der Waals surface area contributed by atoms with Gasteiger partial charge in [-0.1, -0.05) is 42.5 Å². The van der Waals surface area contributed by atoms with Crippen LogP contribution in [0.25, 0.3) is 0 Å². The van der Waals surface area contributed by atoms with Crippen molar-refractivity contribution < 1.29 is 4.74 Å². The maximum Gasteiger partial charge on any atom is 0.119 e. The Morgan fingerprint density at radius 3 is 2.62 bits per heavy atom. The number of methoxy groups -OCH3 is 1. The molecule has 0 radical (unpaired) electrons. The predicted octanol–water partition coefficient (Wildman–Crippen LogP) is 3.61. The second-order valence-corrected chi connectivity index (χ2v) is 5.53. The Kier molecular flexibility index (Phi) is 3.56. The zero-order valence-corrected chi connectivity index (χ0v) is 12.7. The van der Waals surface area contributed by atoms with Crippen LogP contribution in [-0.4, -0.2) is 25.6 Å². The highest BCUT2D eigenvalue weighted by molar-refractivity contribution is 5.51. The van der Waals surface area contributed by atoms with E-state index in [0.29, 0.717) is 0 Å². The van der Waals surface area contributed by atoms with Gasteiger partial charge in [0, 0.05) is 6.54 Å². The van der Waals surface area contributed by atoms with E-state index in [1.165, 1.54) is 16.7 Å². The van der Waals surface area contributed by atoms with E-state index in [1.807, 2.05) is 6.07 Å². The number of likely N-dealkylation sites (N-methyl/N-ethyl adjacent to an activating group) is 1. The van der Waals surface area contributed by atoms with Crippen LogP contribution in [0.15, 0.2) is 61.2 Å². The molecule has 0 bridgehead atoms. The third-order valence-electron chi connectivity index (χ3n) is 4.56. The summed E-state index contributed by atoms with van der Waals surface area (Å²) in [6.45, 7) is 5.17. The minimum absolute atomic E-state index is 0.288. The second-order valence-electron chi connectivity index (χ2n) is 5.53. The first-order valence-corrected chi connectivity index (χ1v) is 7.30. The van der Waals surface area contributed by atoms with Gasteiger partial charge in [-0.15, -0.1) is 6.58 Å². The van der Waals surface area contributed by atoms with Gasteiger partial charge in [0.05, 0.1) is 12.6 Å². The van der Waals surface area contributed by atoms with E-state index in [9.17, 15) is 0 Å². The molecular weight excluding hydrogens is 258 g/mol. The van der Waals surface area contributed by atoms with Crippen molar-refractivity contribution in [2.24, 2.45) is 0 Å². The molecule has 2 nitrogen and oxygen atoms in total. The van der Waals surface area contributed by atoms with Crippen molar-refractivity contribution in [3.05, 3.63) is 77.9 Å². The molecule has 2 aromatic carbocycles. The van der Waals surface area contributed by atoms with Crippen molar-refractivity contribution in [3.8, 4) is 5.75 Å². The van der Waals surface area contributed by atoms with E-state index in [-0.39, 0.29) is 5.54 Å². The average molecular weight is 279 g/mol. The highest BCUT2D eigenvalue weighted by Gasteiger charge is 2.39. The minimum Gasteiger partial charge on any atom is -0.497 e. The van der Waals surface area contributed by atoms with Gasteiger partial charge in [0.15, 0.2) is 0 Å². The van der Waals surface area contributed by atoms with Gasteiger partial charge in [0.2, 0.25) is 0 Å². The average Bonchev–Trinajstić information content (AvgIpc) is 2.55.